The third-order valence-electron chi connectivity index (χ3n) is 6.16. The number of amides is 1. The lowest BCUT2D eigenvalue weighted by molar-refractivity contribution is -0.116. The molecule has 0 bridgehead atoms. The number of hydrogen-bond donors (Lipinski definition) is 2. The molecule has 7 heteroatoms. The van der Waals surface area contributed by atoms with Gasteiger partial charge in [0.1, 0.15) is 17.1 Å². The SMILES string of the molecule is O=Nc1ccc2c(c1)CCc1nc(NC(=O)CCCc3ccccc3)c(-c3ccc(O)cc3)nc1-2. The van der Waals surface area contributed by atoms with Crippen LogP contribution in [0.25, 0.3) is 22.5 Å². The van der Waals surface area contributed by atoms with E-state index in [1.807, 2.05) is 24.3 Å². The Morgan fingerprint density at radius 2 is 1.74 bits per heavy atom. The van der Waals surface area contributed by atoms with E-state index in [9.17, 15) is 14.8 Å². The predicted octanol–water partition coefficient (Wildman–Crippen LogP) is 5.97. The van der Waals surface area contributed by atoms with E-state index >= 15 is 0 Å². The van der Waals surface area contributed by atoms with Crippen molar-refractivity contribution in [2.45, 2.75) is 32.1 Å². The Labute approximate surface area is 202 Å². The number of phenolic OH excluding ortho intramolecular Hbond substituents is 1. The largest absolute Gasteiger partial charge is 0.508 e. The number of anilines is 1. The van der Waals surface area contributed by atoms with E-state index in [0.717, 1.165) is 40.9 Å². The first-order chi connectivity index (χ1) is 17.1. The molecule has 0 saturated carbocycles. The lowest BCUT2D eigenvalue weighted by atomic mass is 9.91. The molecule has 1 aromatic heterocycles. The number of nitrogens with one attached hydrogen (secondary N) is 1. The number of phenols is 1. The zero-order valence-corrected chi connectivity index (χ0v) is 19.1. The van der Waals surface area contributed by atoms with Gasteiger partial charge in [0.15, 0.2) is 5.82 Å². The average Bonchev–Trinajstić information content (AvgIpc) is 2.89. The molecule has 4 aromatic rings. The van der Waals surface area contributed by atoms with Crippen LogP contribution in [0.1, 0.15) is 29.7 Å². The molecule has 35 heavy (non-hydrogen) atoms. The fraction of sp³-hybridized carbons (Fsp3) is 0.179. The topological polar surface area (TPSA) is 105 Å². The van der Waals surface area contributed by atoms with Crippen molar-refractivity contribution in [1.82, 2.24) is 9.97 Å². The van der Waals surface area contributed by atoms with Gasteiger partial charge in [0.05, 0.1) is 11.4 Å². The predicted molar refractivity (Wildman–Crippen MR) is 135 cm³/mol. The van der Waals surface area contributed by atoms with Gasteiger partial charge < -0.3 is 10.4 Å². The van der Waals surface area contributed by atoms with Crippen LogP contribution in [0.4, 0.5) is 11.5 Å². The summed E-state index contributed by atoms with van der Waals surface area (Å²) in [6, 6.07) is 22.1. The number of carbonyl (C=O) groups is 1. The molecule has 0 saturated heterocycles. The monoisotopic (exact) mass is 464 g/mol. The van der Waals surface area contributed by atoms with Crippen LogP contribution in [0.2, 0.25) is 0 Å². The normalized spacial score (nSPS) is 11.9. The van der Waals surface area contributed by atoms with Gasteiger partial charge in [-0.05, 0) is 78.4 Å². The minimum Gasteiger partial charge on any atom is -0.508 e. The number of aromatic hydroxyl groups is 1. The van der Waals surface area contributed by atoms with Crippen molar-refractivity contribution in [2.24, 2.45) is 5.18 Å². The average molecular weight is 465 g/mol. The summed E-state index contributed by atoms with van der Waals surface area (Å²) in [6.07, 6.45) is 3.27. The van der Waals surface area contributed by atoms with Crippen molar-refractivity contribution >= 4 is 17.4 Å². The Morgan fingerprint density at radius 3 is 2.51 bits per heavy atom. The summed E-state index contributed by atoms with van der Waals surface area (Å²) in [4.78, 5) is 33.5. The van der Waals surface area contributed by atoms with E-state index in [4.69, 9.17) is 9.97 Å². The second kappa shape index (κ2) is 9.85. The van der Waals surface area contributed by atoms with Crippen molar-refractivity contribution in [2.75, 3.05) is 5.32 Å². The number of nitroso groups, excluding NO2 is 1. The van der Waals surface area contributed by atoms with E-state index in [1.54, 1.807) is 36.4 Å². The molecule has 3 aromatic carbocycles. The van der Waals surface area contributed by atoms with Crippen LogP contribution in [0.15, 0.2) is 78.0 Å². The molecule has 0 aliphatic heterocycles. The van der Waals surface area contributed by atoms with Crippen molar-refractivity contribution < 1.29 is 9.90 Å². The molecule has 174 valence electrons. The van der Waals surface area contributed by atoms with Crippen LogP contribution in [-0.4, -0.2) is 21.0 Å². The van der Waals surface area contributed by atoms with Crippen LogP contribution in [0, 0.1) is 4.91 Å². The molecule has 0 fully saturated rings. The van der Waals surface area contributed by atoms with E-state index in [-0.39, 0.29) is 11.7 Å². The van der Waals surface area contributed by atoms with Gasteiger partial charge in [0.25, 0.3) is 0 Å². The highest BCUT2D eigenvalue weighted by atomic mass is 16.3. The highest BCUT2D eigenvalue weighted by Gasteiger charge is 2.23. The third kappa shape index (κ3) is 4.94. The Morgan fingerprint density at radius 1 is 0.943 bits per heavy atom. The Kier molecular flexibility index (Phi) is 6.30. The summed E-state index contributed by atoms with van der Waals surface area (Å²) in [7, 11) is 0. The molecular formula is C28H24N4O3. The molecule has 1 amide bonds. The van der Waals surface area contributed by atoms with E-state index < -0.39 is 0 Å². The number of fused-ring (bicyclic) bond motifs is 3. The highest BCUT2D eigenvalue weighted by molar-refractivity contribution is 5.94. The molecule has 5 rings (SSSR count). The molecule has 1 heterocycles. The van der Waals surface area contributed by atoms with Crippen LogP contribution >= 0.6 is 0 Å². The summed E-state index contributed by atoms with van der Waals surface area (Å²) in [5.74, 6) is 0.437. The van der Waals surface area contributed by atoms with Crippen molar-refractivity contribution in [1.29, 1.82) is 0 Å². The summed E-state index contributed by atoms with van der Waals surface area (Å²) < 4.78 is 0. The molecular weight excluding hydrogens is 440 g/mol. The van der Waals surface area contributed by atoms with Gasteiger partial charge in [-0.15, -0.1) is 4.91 Å². The van der Waals surface area contributed by atoms with E-state index in [2.05, 4.69) is 22.6 Å². The van der Waals surface area contributed by atoms with Gasteiger partial charge in [-0.1, -0.05) is 36.4 Å². The number of rotatable bonds is 7. The molecule has 2 N–H and O–H groups in total. The molecule has 1 aliphatic carbocycles. The first-order valence-corrected chi connectivity index (χ1v) is 11.6. The number of aryl methyl sites for hydroxylation is 3. The molecule has 0 unspecified atom stereocenters. The van der Waals surface area contributed by atoms with Gasteiger partial charge >= 0.3 is 0 Å². The smallest absolute Gasteiger partial charge is 0.225 e. The van der Waals surface area contributed by atoms with Crippen molar-refractivity contribution in [3.05, 3.63) is 94.5 Å². The standard InChI is InChI=1S/C28H24N4O3/c33-22-13-9-19(10-14-22)26-28(30-25(34)8-4-7-18-5-2-1-3-6-18)29-24-16-11-20-17-21(32-35)12-15-23(20)27(24)31-26/h1-3,5-6,9-10,12-15,17,33H,4,7-8,11,16H2,(H,29,30,34). The summed E-state index contributed by atoms with van der Waals surface area (Å²) in [5, 5.41) is 15.8. The Balaban J connectivity index is 1.45. The lowest BCUT2D eigenvalue weighted by Crippen LogP contribution is -2.17. The molecule has 0 atom stereocenters. The van der Waals surface area contributed by atoms with Gasteiger partial charge in [-0.25, -0.2) is 9.97 Å². The maximum absolute atomic E-state index is 12.8. The van der Waals surface area contributed by atoms with Gasteiger partial charge in [-0.2, -0.15) is 0 Å². The van der Waals surface area contributed by atoms with Crippen LogP contribution in [0.3, 0.4) is 0 Å². The van der Waals surface area contributed by atoms with Gasteiger partial charge in [0, 0.05) is 17.5 Å². The minimum absolute atomic E-state index is 0.117. The molecule has 7 nitrogen and oxygen atoms in total. The highest BCUT2D eigenvalue weighted by Crippen LogP contribution is 2.37. The minimum atomic E-state index is -0.117. The Hall–Kier alpha value is -4.39. The van der Waals surface area contributed by atoms with E-state index in [1.165, 1.54) is 5.56 Å². The van der Waals surface area contributed by atoms with Gasteiger partial charge in [-0.3, -0.25) is 4.79 Å². The maximum atomic E-state index is 12.8. The van der Waals surface area contributed by atoms with E-state index in [0.29, 0.717) is 36.5 Å². The number of aromatic nitrogens is 2. The first kappa shape index (κ1) is 22.4. The quantitative estimate of drug-likeness (QED) is 0.328. The summed E-state index contributed by atoms with van der Waals surface area (Å²) in [6.45, 7) is 0. The number of nitrogens with zero attached hydrogens (tertiary/aromatic N) is 3. The van der Waals surface area contributed by atoms with Crippen LogP contribution in [0.5, 0.6) is 5.75 Å². The number of carbonyl (C=O) groups excluding carboxylic acids is 1. The first-order valence-electron chi connectivity index (χ1n) is 11.6. The lowest BCUT2D eigenvalue weighted by Gasteiger charge is -2.21. The zero-order chi connectivity index (χ0) is 24.2. The zero-order valence-electron chi connectivity index (χ0n) is 19.1. The maximum Gasteiger partial charge on any atom is 0.225 e. The third-order valence-corrected chi connectivity index (χ3v) is 6.16. The van der Waals surface area contributed by atoms with Crippen molar-refractivity contribution in [3.63, 3.8) is 0 Å². The van der Waals surface area contributed by atoms with Crippen LogP contribution in [-0.2, 0) is 24.1 Å². The molecule has 0 spiro atoms. The van der Waals surface area contributed by atoms with Crippen molar-refractivity contribution in [3.8, 4) is 28.3 Å². The second-order valence-electron chi connectivity index (χ2n) is 8.58. The number of hydrogen-bond acceptors (Lipinski definition) is 6. The molecule has 1 aliphatic rings. The number of benzene rings is 3. The molecule has 0 radical (unpaired) electrons. The fourth-order valence-electron chi connectivity index (χ4n) is 4.39. The second-order valence-corrected chi connectivity index (χ2v) is 8.58. The van der Waals surface area contributed by atoms with Gasteiger partial charge in [0.2, 0.25) is 5.91 Å². The Bertz CT molecular complexity index is 1390. The fourth-order valence-corrected chi connectivity index (χ4v) is 4.39. The van der Waals surface area contributed by atoms with Crippen LogP contribution < -0.4 is 5.32 Å². The summed E-state index contributed by atoms with van der Waals surface area (Å²) >= 11 is 0. The summed E-state index contributed by atoms with van der Waals surface area (Å²) in [5.41, 5.74) is 6.29.